The molecule has 6 nitrogen and oxygen atoms in total. The number of ether oxygens (including phenoxy) is 2. The Bertz CT molecular complexity index is 526. The van der Waals surface area contributed by atoms with Crippen LogP contribution in [0.2, 0.25) is 0 Å². The van der Waals surface area contributed by atoms with Crippen LogP contribution < -0.4 is 15.4 Å². The summed E-state index contributed by atoms with van der Waals surface area (Å²) in [5.41, 5.74) is 0.691. The second-order valence-corrected chi connectivity index (χ2v) is 3.99. The molecule has 0 spiro atoms. The summed E-state index contributed by atoms with van der Waals surface area (Å²) < 4.78 is 10.0. The minimum Gasteiger partial charge on any atom is -0.492 e. The first-order valence-corrected chi connectivity index (χ1v) is 6.69. The van der Waals surface area contributed by atoms with E-state index in [0.29, 0.717) is 24.6 Å². The van der Waals surface area contributed by atoms with Crippen molar-refractivity contribution in [2.45, 2.75) is 13.8 Å². The summed E-state index contributed by atoms with van der Waals surface area (Å²) in [5, 5.41) is 5.53. The third kappa shape index (κ3) is 5.18. The van der Waals surface area contributed by atoms with Gasteiger partial charge in [0.1, 0.15) is 11.4 Å². The number of hydrogen-bond acceptors (Lipinski definition) is 5. The van der Waals surface area contributed by atoms with Gasteiger partial charge in [-0.15, -0.1) is 0 Å². The summed E-state index contributed by atoms with van der Waals surface area (Å²) in [6, 6.07) is 7.17. The van der Waals surface area contributed by atoms with E-state index in [4.69, 9.17) is 4.74 Å². The number of hydrogen-bond donors (Lipinski definition) is 2. The molecule has 0 heterocycles. The summed E-state index contributed by atoms with van der Waals surface area (Å²) >= 11 is 0. The van der Waals surface area contributed by atoms with Crippen LogP contribution in [0.25, 0.3) is 0 Å². The van der Waals surface area contributed by atoms with Crippen LogP contribution in [0.15, 0.2) is 36.0 Å². The van der Waals surface area contributed by atoms with Crippen LogP contribution in [0.4, 0.5) is 5.69 Å². The fourth-order valence-corrected chi connectivity index (χ4v) is 1.59. The monoisotopic (exact) mass is 292 g/mol. The summed E-state index contributed by atoms with van der Waals surface area (Å²) in [6.45, 7) is 4.61. The minimum atomic E-state index is -0.613. The summed E-state index contributed by atoms with van der Waals surface area (Å²) in [5.74, 6) is -0.410. The normalized spacial score (nSPS) is 10.7. The molecule has 6 heteroatoms. The number of carbonyl (C=O) groups excluding carboxylic acids is 2. The van der Waals surface area contributed by atoms with Crippen molar-refractivity contribution in [3.8, 4) is 5.75 Å². The number of carbonyl (C=O) groups is 2. The lowest BCUT2D eigenvalue weighted by Crippen LogP contribution is -2.28. The maximum absolute atomic E-state index is 12.0. The Balaban J connectivity index is 3.03. The highest BCUT2D eigenvalue weighted by Crippen LogP contribution is 2.25. The quantitative estimate of drug-likeness (QED) is 0.591. The fourth-order valence-electron chi connectivity index (χ4n) is 1.59. The molecule has 0 atom stereocenters. The zero-order valence-electron chi connectivity index (χ0n) is 12.4. The first-order valence-electron chi connectivity index (χ1n) is 6.69. The van der Waals surface area contributed by atoms with Crippen molar-refractivity contribution >= 4 is 17.6 Å². The van der Waals surface area contributed by atoms with Gasteiger partial charge in [0.25, 0.3) is 5.91 Å². The molecular weight excluding hydrogens is 272 g/mol. The Morgan fingerprint density at radius 1 is 1.24 bits per heavy atom. The SMILES string of the molecule is CCNC(=O)/C(=C/C(=O)OC)Nc1ccccc1OCC. The highest BCUT2D eigenvalue weighted by atomic mass is 16.5. The highest BCUT2D eigenvalue weighted by molar-refractivity contribution is 6.01. The van der Waals surface area contributed by atoms with Gasteiger partial charge in [0.05, 0.1) is 25.5 Å². The largest absolute Gasteiger partial charge is 0.492 e. The first kappa shape index (κ1) is 16.6. The number of amides is 1. The predicted octanol–water partition coefficient (Wildman–Crippen LogP) is 1.69. The third-order valence-corrected chi connectivity index (χ3v) is 2.50. The molecule has 114 valence electrons. The van der Waals surface area contributed by atoms with Crippen LogP contribution in [0, 0.1) is 0 Å². The predicted molar refractivity (Wildman–Crippen MR) is 80.0 cm³/mol. The van der Waals surface area contributed by atoms with Gasteiger partial charge in [-0.2, -0.15) is 0 Å². The molecule has 21 heavy (non-hydrogen) atoms. The van der Waals surface area contributed by atoms with Crippen molar-refractivity contribution in [2.75, 3.05) is 25.6 Å². The number of likely N-dealkylation sites (N-methyl/N-ethyl adjacent to an activating group) is 1. The number of nitrogens with one attached hydrogen (secondary N) is 2. The van der Waals surface area contributed by atoms with Gasteiger partial charge in [0, 0.05) is 6.54 Å². The number of methoxy groups -OCH3 is 1. The molecule has 0 aromatic heterocycles. The van der Waals surface area contributed by atoms with E-state index >= 15 is 0 Å². The van der Waals surface area contributed by atoms with E-state index in [1.54, 1.807) is 25.1 Å². The molecular formula is C15H20N2O4. The lowest BCUT2D eigenvalue weighted by atomic mass is 10.2. The maximum Gasteiger partial charge on any atom is 0.332 e. The van der Waals surface area contributed by atoms with Gasteiger partial charge in [-0.25, -0.2) is 4.79 Å². The van der Waals surface area contributed by atoms with Gasteiger partial charge >= 0.3 is 5.97 Å². The maximum atomic E-state index is 12.0. The lowest BCUT2D eigenvalue weighted by Gasteiger charge is -2.14. The number of anilines is 1. The van der Waals surface area contributed by atoms with Gasteiger partial charge in [-0.3, -0.25) is 4.79 Å². The standard InChI is InChI=1S/C15H20N2O4/c1-4-16-15(19)12(10-14(18)20-3)17-11-8-6-7-9-13(11)21-5-2/h6-10,17H,4-5H2,1-3H3,(H,16,19)/b12-10-. The Labute approximate surface area is 124 Å². The number of rotatable bonds is 7. The Morgan fingerprint density at radius 3 is 2.57 bits per heavy atom. The molecule has 0 aliphatic heterocycles. The van der Waals surface area contributed by atoms with Gasteiger partial charge in [0.2, 0.25) is 0 Å². The molecule has 2 N–H and O–H groups in total. The number of benzene rings is 1. The molecule has 0 bridgehead atoms. The highest BCUT2D eigenvalue weighted by Gasteiger charge is 2.13. The molecule has 0 fully saturated rings. The average Bonchev–Trinajstić information content (AvgIpc) is 2.48. The van der Waals surface area contributed by atoms with E-state index in [2.05, 4.69) is 15.4 Å². The van der Waals surface area contributed by atoms with E-state index in [1.807, 2.05) is 13.0 Å². The van der Waals surface area contributed by atoms with Gasteiger partial charge in [-0.1, -0.05) is 12.1 Å². The molecule has 1 aromatic rings. The minimum absolute atomic E-state index is 0.0934. The van der Waals surface area contributed by atoms with Crippen LogP contribution in [-0.2, 0) is 14.3 Å². The van der Waals surface area contributed by atoms with Crippen LogP contribution in [-0.4, -0.2) is 32.1 Å². The van der Waals surface area contributed by atoms with Crippen molar-refractivity contribution in [3.63, 3.8) is 0 Å². The second kappa shape index (κ2) is 8.63. The van der Waals surface area contributed by atoms with E-state index in [9.17, 15) is 9.59 Å². The van der Waals surface area contributed by atoms with Crippen molar-refractivity contribution in [1.82, 2.24) is 5.32 Å². The molecule has 0 saturated carbocycles. The molecule has 0 aliphatic rings. The fraction of sp³-hybridized carbons (Fsp3) is 0.333. The first-order chi connectivity index (χ1) is 10.1. The summed E-state index contributed by atoms with van der Waals surface area (Å²) in [7, 11) is 1.25. The van der Waals surface area contributed by atoms with Crippen molar-refractivity contribution in [1.29, 1.82) is 0 Å². The van der Waals surface area contributed by atoms with Gasteiger partial charge < -0.3 is 20.1 Å². The Morgan fingerprint density at radius 2 is 1.95 bits per heavy atom. The molecule has 0 unspecified atom stereocenters. The van der Waals surface area contributed by atoms with Crippen molar-refractivity contribution in [2.24, 2.45) is 0 Å². The van der Waals surface area contributed by atoms with Crippen molar-refractivity contribution < 1.29 is 19.1 Å². The smallest absolute Gasteiger partial charge is 0.332 e. The number of esters is 1. The molecule has 0 radical (unpaired) electrons. The topological polar surface area (TPSA) is 76.7 Å². The lowest BCUT2D eigenvalue weighted by molar-refractivity contribution is -0.135. The van der Waals surface area contributed by atoms with Gasteiger partial charge in [-0.05, 0) is 26.0 Å². The summed E-state index contributed by atoms with van der Waals surface area (Å²) in [6.07, 6.45) is 1.10. The van der Waals surface area contributed by atoms with Crippen LogP contribution in [0.5, 0.6) is 5.75 Å². The second-order valence-electron chi connectivity index (χ2n) is 3.99. The molecule has 0 saturated heterocycles. The molecule has 1 amide bonds. The van der Waals surface area contributed by atoms with E-state index in [-0.39, 0.29) is 5.70 Å². The Kier molecular flexibility index (Phi) is 6.80. The zero-order chi connectivity index (χ0) is 15.7. The van der Waals surface area contributed by atoms with Crippen LogP contribution in [0.1, 0.15) is 13.8 Å². The van der Waals surface area contributed by atoms with E-state index < -0.39 is 11.9 Å². The van der Waals surface area contributed by atoms with Crippen molar-refractivity contribution in [3.05, 3.63) is 36.0 Å². The van der Waals surface area contributed by atoms with Crippen LogP contribution >= 0.6 is 0 Å². The molecule has 0 aliphatic carbocycles. The van der Waals surface area contributed by atoms with E-state index in [1.165, 1.54) is 7.11 Å². The zero-order valence-corrected chi connectivity index (χ0v) is 12.4. The van der Waals surface area contributed by atoms with E-state index in [0.717, 1.165) is 6.08 Å². The van der Waals surface area contributed by atoms with Gasteiger partial charge in [0.15, 0.2) is 0 Å². The van der Waals surface area contributed by atoms with Crippen LogP contribution in [0.3, 0.4) is 0 Å². The summed E-state index contributed by atoms with van der Waals surface area (Å²) in [4.78, 5) is 23.4. The molecule has 1 rings (SSSR count). The average molecular weight is 292 g/mol. The molecule has 1 aromatic carbocycles. The number of para-hydroxylation sites is 2. The third-order valence-electron chi connectivity index (χ3n) is 2.50. The Hall–Kier alpha value is -2.50.